The third-order valence-electron chi connectivity index (χ3n) is 3.28. The van der Waals surface area contributed by atoms with Gasteiger partial charge in [-0.25, -0.2) is 0 Å². The van der Waals surface area contributed by atoms with Crippen LogP contribution in [0.15, 0.2) is 18.2 Å². The molecule has 1 aromatic carbocycles. The van der Waals surface area contributed by atoms with Gasteiger partial charge in [-0.1, -0.05) is 6.07 Å². The van der Waals surface area contributed by atoms with Crippen LogP contribution in [0.4, 0.5) is 11.4 Å². The maximum Gasteiger partial charge on any atom is 0.0607 e. The molecule has 15 heavy (non-hydrogen) atoms. The fourth-order valence-electron chi connectivity index (χ4n) is 1.89. The number of benzene rings is 1. The van der Waals surface area contributed by atoms with Crippen LogP contribution in [0.1, 0.15) is 19.4 Å². The van der Waals surface area contributed by atoms with Gasteiger partial charge >= 0.3 is 0 Å². The number of nitrogens with zero attached hydrogens (tertiary/aromatic N) is 1. The van der Waals surface area contributed by atoms with Gasteiger partial charge in [0, 0.05) is 20.1 Å². The van der Waals surface area contributed by atoms with Crippen molar-refractivity contribution in [3.63, 3.8) is 0 Å². The minimum Gasteiger partial charge on any atom is -0.381 e. The fraction of sp³-hybridized carbons (Fsp3) is 0.500. The molecular formula is C12H19N3. The maximum absolute atomic E-state index is 5.66. The highest BCUT2D eigenvalue weighted by Gasteiger charge is 2.29. The van der Waals surface area contributed by atoms with Crippen LogP contribution in [-0.4, -0.2) is 19.1 Å². The minimum absolute atomic E-state index is 0.153. The fourth-order valence-corrected chi connectivity index (χ4v) is 1.89. The molecule has 1 aliphatic rings. The number of nitrogens with one attached hydrogen (secondary N) is 1. The van der Waals surface area contributed by atoms with Crippen LogP contribution in [0.2, 0.25) is 0 Å². The van der Waals surface area contributed by atoms with Crippen molar-refractivity contribution in [2.75, 3.05) is 23.8 Å². The monoisotopic (exact) mass is 205 g/mol. The molecule has 3 heteroatoms. The van der Waals surface area contributed by atoms with E-state index in [9.17, 15) is 0 Å². The average molecular weight is 205 g/mol. The Hall–Kier alpha value is -1.22. The molecule has 0 bridgehead atoms. The number of hydrogen-bond acceptors (Lipinski definition) is 3. The van der Waals surface area contributed by atoms with Gasteiger partial charge in [-0.3, -0.25) is 0 Å². The van der Waals surface area contributed by atoms with Gasteiger partial charge in [0.1, 0.15) is 0 Å². The zero-order valence-electron chi connectivity index (χ0n) is 9.67. The third kappa shape index (κ3) is 1.67. The summed E-state index contributed by atoms with van der Waals surface area (Å²) in [5, 5.41) is 3.45. The average Bonchev–Trinajstić information content (AvgIpc) is 2.24. The molecule has 0 amide bonds. The van der Waals surface area contributed by atoms with E-state index in [1.165, 1.54) is 16.9 Å². The van der Waals surface area contributed by atoms with E-state index in [0.717, 1.165) is 6.54 Å². The van der Waals surface area contributed by atoms with Crippen LogP contribution in [0, 0.1) is 0 Å². The van der Waals surface area contributed by atoms with Gasteiger partial charge in [0.05, 0.1) is 16.9 Å². The van der Waals surface area contributed by atoms with E-state index in [1.807, 2.05) is 0 Å². The first-order chi connectivity index (χ1) is 7.04. The number of rotatable bonds is 1. The standard InChI is InChI=1S/C12H19N3/c1-12(2)8-14-10-5-4-9(7-13)6-11(10)15(12)3/h4-6,14H,7-8,13H2,1-3H3. The second-order valence-corrected chi connectivity index (χ2v) is 4.78. The lowest BCUT2D eigenvalue weighted by atomic mass is 9.98. The van der Waals surface area contributed by atoms with Crippen LogP contribution in [-0.2, 0) is 6.54 Å². The molecule has 0 saturated heterocycles. The minimum atomic E-state index is 0.153. The van der Waals surface area contributed by atoms with Gasteiger partial charge in [-0.15, -0.1) is 0 Å². The molecule has 1 aromatic rings. The Labute approximate surface area is 91.3 Å². The topological polar surface area (TPSA) is 41.3 Å². The number of anilines is 2. The molecule has 3 nitrogen and oxygen atoms in total. The molecule has 3 N–H and O–H groups in total. The summed E-state index contributed by atoms with van der Waals surface area (Å²) in [6, 6.07) is 6.37. The highest BCUT2D eigenvalue weighted by atomic mass is 15.2. The van der Waals surface area contributed by atoms with Gasteiger partial charge in [0.2, 0.25) is 0 Å². The zero-order valence-corrected chi connectivity index (χ0v) is 9.67. The Kier molecular flexibility index (Phi) is 2.35. The van der Waals surface area contributed by atoms with E-state index < -0.39 is 0 Å². The van der Waals surface area contributed by atoms with Gasteiger partial charge in [-0.05, 0) is 31.5 Å². The van der Waals surface area contributed by atoms with E-state index in [2.05, 4.69) is 49.3 Å². The molecule has 1 aliphatic heterocycles. The first-order valence-electron chi connectivity index (χ1n) is 5.35. The highest BCUT2D eigenvalue weighted by Crippen LogP contribution is 2.35. The summed E-state index contributed by atoms with van der Waals surface area (Å²) >= 11 is 0. The summed E-state index contributed by atoms with van der Waals surface area (Å²) in [5.74, 6) is 0. The highest BCUT2D eigenvalue weighted by molar-refractivity contribution is 5.74. The summed E-state index contributed by atoms with van der Waals surface area (Å²) in [6.07, 6.45) is 0. The Morgan fingerprint density at radius 1 is 1.47 bits per heavy atom. The molecular weight excluding hydrogens is 186 g/mol. The predicted octanol–water partition coefficient (Wildman–Crippen LogP) is 1.79. The number of likely N-dealkylation sites (N-methyl/N-ethyl adjacent to an activating group) is 1. The van der Waals surface area contributed by atoms with Gasteiger partial charge in [-0.2, -0.15) is 0 Å². The Balaban J connectivity index is 2.44. The van der Waals surface area contributed by atoms with Crippen LogP contribution >= 0.6 is 0 Å². The quantitative estimate of drug-likeness (QED) is 0.734. The second-order valence-electron chi connectivity index (χ2n) is 4.78. The predicted molar refractivity (Wildman–Crippen MR) is 65.3 cm³/mol. The first-order valence-corrected chi connectivity index (χ1v) is 5.35. The summed E-state index contributed by atoms with van der Waals surface area (Å²) in [6.45, 7) is 6.04. The summed E-state index contributed by atoms with van der Waals surface area (Å²) in [5.41, 5.74) is 9.44. The lowest BCUT2D eigenvalue weighted by molar-refractivity contribution is 0.502. The van der Waals surface area contributed by atoms with Crippen molar-refractivity contribution < 1.29 is 0 Å². The van der Waals surface area contributed by atoms with Crippen molar-refractivity contribution in [1.29, 1.82) is 0 Å². The third-order valence-corrected chi connectivity index (χ3v) is 3.28. The molecule has 0 aromatic heterocycles. The van der Waals surface area contributed by atoms with Crippen LogP contribution in [0.25, 0.3) is 0 Å². The smallest absolute Gasteiger partial charge is 0.0607 e. The number of fused-ring (bicyclic) bond motifs is 1. The lowest BCUT2D eigenvalue weighted by Gasteiger charge is -2.43. The van der Waals surface area contributed by atoms with Gasteiger partial charge in [0.25, 0.3) is 0 Å². The van der Waals surface area contributed by atoms with Crippen molar-refractivity contribution in [2.45, 2.75) is 25.9 Å². The van der Waals surface area contributed by atoms with Crippen LogP contribution < -0.4 is 16.0 Å². The lowest BCUT2D eigenvalue weighted by Crippen LogP contribution is -2.50. The molecule has 0 radical (unpaired) electrons. The Morgan fingerprint density at radius 3 is 2.87 bits per heavy atom. The van der Waals surface area contributed by atoms with E-state index in [4.69, 9.17) is 5.73 Å². The van der Waals surface area contributed by atoms with Gasteiger partial charge < -0.3 is 16.0 Å². The maximum atomic E-state index is 5.66. The molecule has 0 spiro atoms. The van der Waals surface area contributed by atoms with Crippen molar-refractivity contribution in [2.24, 2.45) is 5.73 Å². The van der Waals surface area contributed by atoms with Crippen molar-refractivity contribution in [3.8, 4) is 0 Å². The van der Waals surface area contributed by atoms with Crippen LogP contribution in [0.5, 0.6) is 0 Å². The molecule has 0 aliphatic carbocycles. The van der Waals surface area contributed by atoms with E-state index in [0.29, 0.717) is 6.54 Å². The second kappa shape index (κ2) is 3.42. The number of nitrogens with two attached hydrogens (primary N) is 1. The molecule has 82 valence electrons. The van der Waals surface area contributed by atoms with Crippen LogP contribution in [0.3, 0.4) is 0 Å². The number of hydrogen-bond donors (Lipinski definition) is 2. The Morgan fingerprint density at radius 2 is 2.20 bits per heavy atom. The largest absolute Gasteiger partial charge is 0.381 e. The molecule has 0 fully saturated rings. The van der Waals surface area contributed by atoms with E-state index >= 15 is 0 Å². The zero-order chi connectivity index (χ0) is 11.1. The van der Waals surface area contributed by atoms with E-state index in [1.54, 1.807) is 0 Å². The normalized spacial score (nSPS) is 18.3. The molecule has 0 atom stereocenters. The Bertz CT molecular complexity index is 371. The SMILES string of the molecule is CN1c2cc(CN)ccc2NCC1(C)C. The summed E-state index contributed by atoms with van der Waals surface area (Å²) < 4.78 is 0. The van der Waals surface area contributed by atoms with Crippen molar-refractivity contribution >= 4 is 11.4 Å². The van der Waals surface area contributed by atoms with Crippen molar-refractivity contribution in [1.82, 2.24) is 0 Å². The first kappa shape index (κ1) is 10.3. The van der Waals surface area contributed by atoms with Gasteiger partial charge in [0.15, 0.2) is 0 Å². The van der Waals surface area contributed by atoms with Crippen molar-refractivity contribution in [3.05, 3.63) is 23.8 Å². The molecule has 2 rings (SSSR count). The molecule has 0 unspecified atom stereocenters. The summed E-state index contributed by atoms with van der Waals surface area (Å²) in [7, 11) is 2.14. The molecule has 0 saturated carbocycles. The van der Waals surface area contributed by atoms with E-state index in [-0.39, 0.29) is 5.54 Å². The summed E-state index contributed by atoms with van der Waals surface area (Å²) in [4.78, 5) is 2.32. The molecule has 1 heterocycles.